The molecule has 0 unspecified atom stereocenters. The molecule has 0 spiro atoms. The molecule has 0 aliphatic heterocycles. The van der Waals surface area contributed by atoms with E-state index in [1.54, 1.807) is 6.92 Å². The zero-order valence-electron chi connectivity index (χ0n) is 14.2. The van der Waals surface area contributed by atoms with E-state index in [0.717, 1.165) is 17.7 Å². The van der Waals surface area contributed by atoms with Crippen molar-refractivity contribution in [2.24, 2.45) is 0 Å². The zero-order chi connectivity index (χ0) is 18.7. The van der Waals surface area contributed by atoms with Crippen molar-refractivity contribution in [3.05, 3.63) is 71.3 Å². The maximum atomic E-state index is 12.8. The van der Waals surface area contributed by atoms with Crippen molar-refractivity contribution in [1.29, 1.82) is 0 Å². The van der Waals surface area contributed by atoms with E-state index in [1.165, 1.54) is 26.4 Å². The van der Waals surface area contributed by atoms with Gasteiger partial charge < -0.3 is 14.6 Å². The van der Waals surface area contributed by atoms with Gasteiger partial charge in [0.1, 0.15) is 0 Å². The van der Waals surface area contributed by atoms with Crippen LogP contribution in [0.2, 0.25) is 0 Å². The molecule has 2 aromatic rings. The highest BCUT2D eigenvalue weighted by atomic mass is 19.4. The highest BCUT2D eigenvalue weighted by Crippen LogP contribution is 2.42. The van der Waals surface area contributed by atoms with E-state index in [-0.39, 0.29) is 0 Å². The Balaban J connectivity index is 2.47. The quantitative estimate of drug-likeness (QED) is 0.786. The molecule has 0 heterocycles. The van der Waals surface area contributed by atoms with Gasteiger partial charge in [-0.2, -0.15) is 13.2 Å². The summed E-state index contributed by atoms with van der Waals surface area (Å²) in [6.45, 7) is 1.75. The van der Waals surface area contributed by atoms with Gasteiger partial charge in [-0.25, -0.2) is 0 Å². The third-order valence-electron chi connectivity index (χ3n) is 4.44. The van der Waals surface area contributed by atoms with Crippen molar-refractivity contribution in [2.75, 3.05) is 14.2 Å². The molecule has 3 nitrogen and oxygen atoms in total. The lowest BCUT2D eigenvalue weighted by Gasteiger charge is -2.40. The molecule has 0 aromatic heterocycles. The summed E-state index contributed by atoms with van der Waals surface area (Å²) >= 11 is 0. The number of hydrogen-bond acceptors (Lipinski definition) is 3. The molecular formula is C19H21F3O3. The Morgan fingerprint density at radius 2 is 1.36 bits per heavy atom. The third-order valence-corrected chi connectivity index (χ3v) is 4.44. The molecule has 25 heavy (non-hydrogen) atoms. The van der Waals surface area contributed by atoms with Gasteiger partial charge in [0.15, 0.2) is 6.29 Å². The number of hydrogen-bond donors (Lipinski definition) is 1. The summed E-state index contributed by atoms with van der Waals surface area (Å²) in [5.74, 6) is 0. The first-order chi connectivity index (χ1) is 11.7. The Hall–Kier alpha value is -1.89. The molecule has 0 saturated heterocycles. The molecule has 0 radical (unpaired) electrons. The van der Waals surface area contributed by atoms with E-state index in [1.807, 2.05) is 30.3 Å². The van der Waals surface area contributed by atoms with Gasteiger partial charge in [-0.15, -0.1) is 0 Å². The highest BCUT2D eigenvalue weighted by Gasteiger charge is 2.44. The van der Waals surface area contributed by atoms with E-state index >= 15 is 0 Å². The van der Waals surface area contributed by atoms with Crippen LogP contribution >= 0.6 is 0 Å². The predicted molar refractivity (Wildman–Crippen MR) is 88.0 cm³/mol. The van der Waals surface area contributed by atoms with Crippen LogP contribution in [0.5, 0.6) is 0 Å². The van der Waals surface area contributed by atoms with E-state index in [0.29, 0.717) is 5.56 Å². The van der Waals surface area contributed by atoms with Crippen LogP contribution in [0.3, 0.4) is 0 Å². The number of methoxy groups -OCH3 is 2. The Kier molecular flexibility index (Phi) is 5.87. The first kappa shape index (κ1) is 19.4. The molecule has 0 aliphatic carbocycles. The van der Waals surface area contributed by atoms with Gasteiger partial charge in [0.25, 0.3) is 0 Å². The van der Waals surface area contributed by atoms with Crippen molar-refractivity contribution >= 4 is 0 Å². The number of halogens is 3. The van der Waals surface area contributed by atoms with Gasteiger partial charge in [0.2, 0.25) is 0 Å². The number of aliphatic hydroxyl groups is 1. The minimum Gasteiger partial charge on any atom is -0.387 e. The fraction of sp³-hybridized carbons (Fsp3) is 0.368. The van der Waals surface area contributed by atoms with Gasteiger partial charge in [0, 0.05) is 14.2 Å². The second kappa shape index (κ2) is 7.56. The zero-order valence-corrected chi connectivity index (χ0v) is 14.2. The van der Waals surface area contributed by atoms with Gasteiger partial charge >= 0.3 is 6.18 Å². The Morgan fingerprint density at radius 1 is 0.840 bits per heavy atom. The molecular weight excluding hydrogens is 333 g/mol. The van der Waals surface area contributed by atoms with Crippen LogP contribution in [-0.2, 0) is 21.1 Å². The molecule has 2 aromatic carbocycles. The monoisotopic (exact) mass is 354 g/mol. The molecule has 2 atom stereocenters. The van der Waals surface area contributed by atoms with E-state index in [2.05, 4.69) is 0 Å². The van der Waals surface area contributed by atoms with Crippen molar-refractivity contribution in [3.8, 4) is 0 Å². The van der Waals surface area contributed by atoms with Crippen molar-refractivity contribution in [3.63, 3.8) is 0 Å². The molecule has 2 rings (SSSR count). The summed E-state index contributed by atoms with van der Waals surface area (Å²) < 4.78 is 49.0. The summed E-state index contributed by atoms with van der Waals surface area (Å²) in [4.78, 5) is 0. The second-order valence-corrected chi connectivity index (χ2v) is 5.97. The minimum atomic E-state index is -4.42. The molecule has 0 bridgehead atoms. The summed E-state index contributed by atoms with van der Waals surface area (Å²) in [6, 6.07) is 13.6. The average Bonchev–Trinajstić information content (AvgIpc) is 2.62. The molecule has 1 N–H and O–H groups in total. The average molecular weight is 354 g/mol. The lowest BCUT2D eigenvalue weighted by atomic mass is 9.74. The summed E-state index contributed by atoms with van der Waals surface area (Å²) in [5.41, 5.74) is -0.695. The van der Waals surface area contributed by atoms with E-state index < -0.39 is 29.5 Å². The maximum absolute atomic E-state index is 12.8. The van der Waals surface area contributed by atoms with Crippen LogP contribution in [0, 0.1) is 0 Å². The molecule has 136 valence electrons. The van der Waals surface area contributed by atoms with E-state index in [9.17, 15) is 18.3 Å². The van der Waals surface area contributed by atoms with Crippen LogP contribution in [0.15, 0.2) is 54.6 Å². The molecule has 0 fully saturated rings. The van der Waals surface area contributed by atoms with Crippen LogP contribution < -0.4 is 0 Å². The van der Waals surface area contributed by atoms with Gasteiger partial charge in [-0.05, 0) is 30.2 Å². The minimum absolute atomic E-state index is 0.346. The normalized spacial score (nSPS) is 15.8. The fourth-order valence-corrected chi connectivity index (χ4v) is 3.01. The number of benzene rings is 2. The second-order valence-electron chi connectivity index (χ2n) is 5.97. The number of alkyl halides is 3. The maximum Gasteiger partial charge on any atom is 0.416 e. The number of rotatable bonds is 6. The molecule has 6 heteroatoms. The highest BCUT2D eigenvalue weighted by molar-refractivity contribution is 5.34. The number of ether oxygens (including phenoxy) is 2. The SMILES string of the molecule is COC(OC)[C@@](C)(c1ccccc1)[C@@H](O)c1ccc(C(F)(F)F)cc1. The summed E-state index contributed by atoms with van der Waals surface area (Å²) in [5, 5.41) is 11.0. The third kappa shape index (κ3) is 3.86. The van der Waals surface area contributed by atoms with E-state index in [4.69, 9.17) is 9.47 Å². The predicted octanol–water partition coefficient (Wildman–Crippen LogP) is 4.32. The largest absolute Gasteiger partial charge is 0.416 e. The molecule has 0 amide bonds. The smallest absolute Gasteiger partial charge is 0.387 e. The molecule has 0 saturated carbocycles. The van der Waals surface area contributed by atoms with Crippen LogP contribution in [-0.4, -0.2) is 25.6 Å². The Bertz CT molecular complexity index is 667. The topological polar surface area (TPSA) is 38.7 Å². The van der Waals surface area contributed by atoms with Gasteiger partial charge in [-0.3, -0.25) is 0 Å². The van der Waals surface area contributed by atoms with Crippen molar-refractivity contribution < 1.29 is 27.8 Å². The molecule has 0 aliphatic rings. The van der Waals surface area contributed by atoms with Gasteiger partial charge in [0.05, 0.1) is 17.1 Å². The summed E-state index contributed by atoms with van der Waals surface area (Å²) in [6.07, 6.45) is -6.36. The van der Waals surface area contributed by atoms with Crippen LogP contribution in [0.4, 0.5) is 13.2 Å². The Labute approximate surface area is 145 Å². The van der Waals surface area contributed by atoms with Crippen LogP contribution in [0.1, 0.15) is 29.7 Å². The summed E-state index contributed by atoms with van der Waals surface area (Å²) in [7, 11) is 2.91. The van der Waals surface area contributed by atoms with Crippen LogP contribution in [0.25, 0.3) is 0 Å². The lowest BCUT2D eigenvalue weighted by molar-refractivity contribution is -0.173. The first-order valence-electron chi connectivity index (χ1n) is 7.71. The standard InChI is InChI=1S/C19H21F3O3/c1-18(17(24-2)25-3,14-7-5-4-6-8-14)16(23)13-9-11-15(12-10-13)19(20,21)22/h4-12,16-17,23H,1-3H3/t16-,18-/m0/s1. The Morgan fingerprint density at radius 3 is 1.80 bits per heavy atom. The fourth-order valence-electron chi connectivity index (χ4n) is 3.01. The lowest BCUT2D eigenvalue weighted by Crippen LogP contribution is -2.44. The number of aliphatic hydroxyl groups excluding tert-OH is 1. The van der Waals surface area contributed by atoms with Crippen molar-refractivity contribution in [2.45, 2.75) is 30.9 Å². The van der Waals surface area contributed by atoms with Gasteiger partial charge in [-0.1, -0.05) is 42.5 Å². The van der Waals surface area contributed by atoms with Crippen molar-refractivity contribution in [1.82, 2.24) is 0 Å². The first-order valence-corrected chi connectivity index (χ1v) is 7.71.